The van der Waals surface area contributed by atoms with E-state index in [1.54, 1.807) is 26.2 Å². The number of hydrogen-bond donors (Lipinski definition) is 2. The molecule has 0 heterocycles. The molecule has 0 fully saturated rings. The highest BCUT2D eigenvalue weighted by atomic mass is 16.5. The molecule has 0 aliphatic carbocycles. The number of carboxylic acids is 1. The lowest BCUT2D eigenvalue weighted by Crippen LogP contribution is -2.33. The number of carboxylic acid groups (broad SMARTS) is 1. The lowest BCUT2D eigenvalue weighted by molar-refractivity contribution is -0.137. The van der Waals surface area contributed by atoms with Gasteiger partial charge in [0.2, 0.25) is 0 Å². The summed E-state index contributed by atoms with van der Waals surface area (Å²) in [6.07, 6.45) is 0.431. The predicted octanol–water partition coefficient (Wildman–Crippen LogP) is 2.83. The lowest BCUT2D eigenvalue weighted by Gasteiger charge is -2.15. The minimum atomic E-state index is -0.865. The monoisotopic (exact) mass is 301 g/mol. The lowest BCUT2D eigenvalue weighted by atomic mass is 10.0. The summed E-state index contributed by atoms with van der Waals surface area (Å²) in [5, 5.41) is 13.2. The van der Waals surface area contributed by atoms with Crippen LogP contribution in [0.25, 0.3) is 10.8 Å². The Morgan fingerprint density at radius 1 is 1.18 bits per heavy atom. The Bertz CT molecular complexity index is 696. The number of methoxy groups -OCH3 is 1. The largest absolute Gasteiger partial charge is 0.496 e. The Morgan fingerprint density at radius 2 is 1.86 bits per heavy atom. The number of amides is 1. The number of carbonyl (C=O) groups is 2. The fraction of sp³-hybridized carbons (Fsp3) is 0.294. The summed E-state index contributed by atoms with van der Waals surface area (Å²) in [5.41, 5.74) is 0.554. The maximum atomic E-state index is 12.4. The van der Waals surface area contributed by atoms with E-state index in [-0.39, 0.29) is 18.4 Å². The van der Waals surface area contributed by atoms with Crippen molar-refractivity contribution in [1.29, 1.82) is 0 Å². The van der Waals surface area contributed by atoms with Gasteiger partial charge >= 0.3 is 5.97 Å². The fourth-order valence-corrected chi connectivity index (χ4v) is 2.36. The first-order valence-electron chi connectivity index (χ1n) is 7.11. The zero-order valence-corrected chi connectivity index (χ0v) is 12.6. The second-order valence-electron chi connectivity index (χ2n) is 5.17. The van der Waals surface area contributed by atoms with E-state index in [1.807, 2.05) is 24.3 Å². The van der Waals surface area contributed by atoms with Gasteiger partial charge in [0.1, 0.15) is 5.75 Å². The molecule has 2 rings (SSSR count). The van der Waals surface area contributed by atoms with Crippen LogP contribution < -0.4 is 10.1 Å². The highest BCUT2D eigenvalue weighted by Gasteiger charge is 2.15. The van der Waals surface area contributed by atoms with Gasteiger partial charge in [0, 0.05) is 23.4 Å². The van der Waals surface area contributed by atoms with E-state index in [2.05, 4.69) is 5.32 Å². The summed E-state index contributed by atoms with van der Waals surface area (Å²) in [6.45, 7) is 1.80. The third-order valence-corrected chi connectivity index (χ3v) is 3.52. The van der Waals surface area contributed by atoms with Crippen molar-refractivity contribution >= 4 is 22.6 Å². The van der Waals surface area contributed by atoms with Crippen molar-refractivity contribution in [2.75, 3.05) is 7.11 Å². The van der Waals surface area contributed by atoms with E-state index < -0.39 is 5.97 Å². The first-order chi connectivity index (χ1) is 10.5. The number of rotatable bonds is 6. The summed E-state index contributed by atoms with van der Waals surface area (Å²) in [5.74, 6) is -0.362. The van der Waals surface area contributed by atoms with Crippen molar-refractivity contribution in [3.63, 3.8) is 0 Å². The van der Waals surface area contributed by atoms with E-state index in [4.69, 9.17) is 9.84 Å². The third-order valence-electron chi connectivity index (χ3n) is 3.52. The molecular weight excluding hydrogens is 282 g/mol. The molecule has 0 aromatic heterocycles. The Morgan fingerprint density at radius 3 is 2.50 bits per heavy atom. The van der Waals surface area contributed by atoms with Crippen LogP contribution in [0.5, 0.6) is 5.75 Å². The third kappa shape index (κ3) is 3.55. The van der Waals surface area contributed by atoms with E-state index in [9.17, 15) is 9.59 Å². The van der Waals surface area contributed by atoms with Crippen molar-refractivity contribution < 1.29 is 19.4 Å². The molecule has 1 atom stereocenters. The minimum Gasteiger partial charge on any atom is -0.496 e. The number of fused-ring (bicyclic) bond motifs is 1. The smallest absolute Gasteiger partial charge is 0.303 e. The van der Waals surface area contributed by atoms with Crippen LogP contribution in [0.4, 0.5) is 0 Å². The van der Waals surface area contributed by atoms with Crippen molar-refractivity contribution in [3.05, 3.63) is 42.0 Å². The van der Waals surface area contributed by atoms with Gasteiger partial charge in [-0.25, -0.2) is 0 Å². The van der Waals surface area contributed by atoms with Gasteiger partial charge in [-0.15, -0.1) is 0 Å². The first kappa shape index (κ1) is 15.8. The van der Waals surface area contributed by atoms with Crippen LogP contribution in [-0.4, -0.2) is 30.1 Å². The zero-order valence-electron chi connectivity index (χ0n) is 12.6. The summed E-state index contributed by atoms with van der Waals surface area (Å²) in [6, 6.07) is 10.8. The molecule has 5 heteroatoms. The first-order valence-corrected chi connectivity index (χ1v) is 7.11. The standard InChI is InChI=1S/C17H19NO4/c1-11(7-10-16(19)20)18-17(21)14-8-9-15(22-2)13-6-4-3-5-12(13)14/h3-6,8-9,11H,7,10H2,1-2H3,(H,18,21)(H,19,20). The molecule has 2 aromatic rings. The van der Waals surface area contributed by atoms with Crippen molar-refractivity contribution in [3.8, 4) is 5.75 Å². The molecule has 5 nitrogen and oxygen atoms in total. The van der Waals surface area contributed by atoms with Crippen LogP contribution >= 0.6 is 0 Å². The van der Waals surface area contributed by atoms with Gasteiger partial charge in [-0.3, -0.25) is 9.59 Å². The Hall–Kier alpha value is -2.56. The molecule has 0 bridgehead atoms. The number of carbonyl (C=O) groups excluding carboxylic acids is 1. The average molecular weight is 301 g/mol. The van der Waals surface area contributed by atoms with Crippen LogP contribution in [-0.2, 0) is 4.79 Å². The number of aliphatic carboxylic acids is 1. The number of ether oxygens (including phenoxy) is 1. The van der Waals surface area contributed by atoms with Crippen molar-refractivity contribution in [2.45, 2.75) is 25.8 Å². The molecule has 0 saturated heterocycles. The molecule has 22 heavy (non-hydrogen) atoms. The number of benzene rings is 2. The highest BCUT2D eigenvalue weighted by molar-refractivity contribution is 6.08. The second-order valence-corrected chi connectivity index (χ2v) is 5.17. The summed E-state index contributed by atoms with van der Waals surface area (Å²) >= 11 is 0. The SMILES string of the molecule is COc1ccc(C(=O)NC(C)CCC(=O)O)c2ccccc12. The van der Waals surface area contributed by atoms with E-state index >= 15 is 0 Å². The van der Waals surface area contributed by atoms with Crippen LogP contribution in [0.15, 0.2) is 36.4 Å². The van der Waals surface area contributed by atoms with E-state index in [0.717, 1.165) is 10.8 Å². The normalized spacial score (nSPS) is 11.9. The zero-order chi connectivity index (χ0) is 16.1. The predicted molar refractivity (Wildman–Crippen MR) is 84.3 cm³/mol. The van der Waals surface area contributed by atoms with Gasteiger partial charge in [0.15, 0.2) is 0 Å². The van der Waals surface area contributed by atoms with Crippen LogP contribution in [0.3, 0.4) is 0 Å². The fourth-order valence-electron chi connectivity index (χ4n) is 2.36. The topological polar surface area (TPSA) is 75.6 Å². The van der Waals surface area contributed by atoms with Crippen LogP contribution in [0.1, 0.15) is 30.1 Å². The minimum absolute atomic E-state index is 0.0325. The summed E-state index contributed by atoms with van der Waals surface area (Å²) in [7, 11) is 1.59. The molecule has 0 radical (unpaired) electrons. The van der Waals surface area contributed by atoms with Gasteiger partial charge in [-0.1, -0.05) is 24.3 Å². The molecule has 0 aliphatic heterocycles. The maximum absolute atomic E-state index is 12.4. The van der Waals surface area contributed by atoms with Gasteiger partial charge in [-0.05, 0) is 30.9 Å². The Balaban J connectivity index is 2.23. The molecule has 2 aromatic carbocycles. The number of nitrogens with one attached hydrogen (secondary N) is 1. The molecule has 0 spiro atoms. The highest BCUT2D eigenvalue weighted by Crippen LogP contribution is 2.28. The molecule has 1 amide bonds. The average Bonchev–Trinajstić information content (AvgIpc) is 2.51. The molecule has 0 aliphatic rings. The molecule has 0 saturated carbocycles. The quantitative estimate of drug-likeness (QED) is 0.860. The van der Waals surface area contributed by atoms with Gasteiger partial charge < -0.3 is 15.2 Å². The maximum Gasteiger partial charge on any atom is 0.303 e. The Labute approximate surface area is 128 Å². The van der Waals surface area contributed by atoms with E-state index in [1.165, 1.54) is 0 Å². The van der Waals surface area contributed by atoms with Crippen LogP contribution in [0, 0.1) is 0 Å². The summed E-state index contributed by atoms with van der Waals surface area (Å²) < 4.78 is 5.31. The molecule has 116 valence electrons. The van der Waals surface area contributed by atoms with E-state index in [0.29, 0.717) is 17.7 Å². The number of hydrogen-bond acceptors (Lipinski definition) is 3. The van der Waals surface area contributed by atoms with Gasteiger partial charge in [0.25, 0.3) is 5.91 Å². The molecular formula is C17H19NO4. The molecule has 2 N–H and O–H groups in total. The Kier molecular flexibility index (Phi) is 4.99. The molecule has 1 unspecified atom stereocenters. The van der Waals surface area contributed by atoms with Gasteiger partial charge in [0.05, 0.1) is 7.11 Å². The summed E-state index contributed by atoms with van der Waals surface area (Å²) in [4.78, 5) is 23.0. The second kappa shape index (κ2) is 6.93. The van der Waals surface area contributed by atoms with Crippen molar-refractivity contribution in [1.82, 2.24) is 5.32 Å². The van der Waals surface area contributed by atoms with Crippen molar-refractivity contribution in [2.24, 2.45) is 0 Å². The van der Waals surface area contributed by atoms with Gasteiger partial charge in [-0.2, -0.15) is 0 Å². The van der Waals surface area contributed by atoms with Crippen LogP contribution in [0.2, 0.25) is 0 Å².